The largest absolute Gasteiger partial charge is 0.481 e. The van der Waals surface area contributed by atoms with E-state index in [1.165, 1.54) is 6.08 Å². The maximum Gasteiger partial charge on any atom is 0.307 e. The van der Waals surface area contributed by atoms with Crippen molar-refractivity contribution in [3.05, 3.63) is 12.0 Å². The van der Waals surface area contributed by atoms with Crippen LogP contribution in [-0.2, 0) is 28.5 Å². The third-order valence-electron chi connectivity index (χ3n) is 3.23. The molecule has 0 aliphatic carbocycles. The quantitative estimate of drug-likeness (QED) is 0.758. The Morgan fingerprint density at radius 1 is 1.10 bits per heavy atom. The summed E-state index contributed by atoms with van der Waals surface area (Å²) in [5, 5.41) is 17.2. The molecule has 118 valence electrons. The van der Waals surface area contributed by atoms with Crippen LogP contribution in [0, 0.1) is 5.41 Å². The summed E-state index contributed by atoms with van der Waals surface area (Å²) in [5.74, 6) is -1.64. The highest BCUT2D eigenvalue weighted by Gasteiger charge is 2.41. The van der Waals surface area contributed by atoms with E-state index in [0.29, 0.717) is 32.8 Å². The van der Waals surface area contributed by atoms with Crippen LogP contribution in [-0.4, -0.2) is 54.9 Å². The zero-order valence-corrected chi connectivity index (χ0v) is 11.4. The number of carboxylic acid groups (broad SMARTS) is 2. The molecule has 8 heteroatoms. The second kappa shape index (κ2) is 6.77. The minimum atomic E-state index is -0.958. The molecule has 2 N–H and O–H groups in total. The molecular weight excluding hydrogens is 284 g/mol. The van der Waals surface area contributed by atoms with E-state index in [2.05, 4.69) is 0 Å². The minimum Gasteiger partial charge on any atom is -0.481 e. The first-order valence-corrected chi connectivity index (χ1v) is 6.62. The van der Waals surface area contributed by atoms with E-state index in [0.717, 1.165) is 0 Å². The molecule has 2 aliphatic heterocycles. The van der Waals surface area contributed by atoms with Crippen LogP contribution in [0.15, 0.2) is 12.0 Å². The van der Waals surface area contributed by atoms with Gasteiger partial charge in [0.1, 0.15) is 13.2 Å². The fourth-order valence-electron chi connectivity index (χ4n) is 2.02. The number of carboxylic acids is 2. The fourth-order valence-corrected chi connectivity index (χ4v) is 2.02. The Balaban J connectivity index is 1.76. The van der Waals surface area contributed by atoms with Crippen LogP contribution in [0.4, 0.5) is 0 Å². The predicted molar refractivity (Wildman–Crippen MR) is 67.2 cm³/mol. The second-order valence-electron chi connectivity index (χ2n) is 5.18. The summed E-state index contributed by atoms with van der Waals surface area (Å²) in [4.78, 5) is 20.9. The molecule has 0 atom stereocenters. The molecule has 2 heterocycles. The van der Waals surface area contributed by atoms with Crippen LogP contribution in [0.2, 0.25) is 0 Å². The van der Waals surface area contributed by atoms with Crippen molar-refractivity contribution in [1.29, 1.82) is 0 Å². The molecular formula is C13H18O8. The van der Waals surface area contributed by atoms with Gasteiger partial charge < -0.3 is 29.2 Å². The van der Waals surface area contributed by atoms with Crippen molar-refractivity contribution in [2.75, 3.05) is 26.4 Å². The van der Waals surface area contributed by atoms with Gasteiger partial charge in [-0.1, -0.05) is 0 Å². The molecule has 0 bridgehead atoms. The highest BCUT2D eigenvalue weighted by molar-refractivity contribution is 5.68. The number of aliphatic carboxylic acids is 2. The Morgan fingerprint density at radius 2 is 1.71 bits per heavy atom. The van der Waals surface area contributed by atoms with Gasteiger partial charge in [-0.15, -0.1) is 0 Å². The number of carbonyl (C=O) groups is 2. The molecule has 0 radical (unpaired) electrons. The molecule has 0 aromatic heterocycles. The van der Waals surface area contributed by atoms with Gasteiger partial charge in [0.05, 0.1) is 31.5 Å². The van der Waals surface area contributed by atoms with Crippen molar-refractivity contribution in [3.8, 4) is 0 Å². The van der Waals surface area contributed by atoms with E-state index in [1.807, 2.05) is 0 Å². The van der Waals surface area contributed by atoms with E-state index in [4.69, 9.17) is 29.2 Å². The molecule has 0 amide bonds. The summed E-state index contributed by atoms with van der Waals surface area (Å²) in [6.45, 7) is 1.32. The Hall–Kier alpha value is -1.80. The smallest absolute Gasteiger partial charge is 0.307 e. The molecule has 0 aromatic rings. The standard InChI is InChI=1S/C13H18O8/c14-9(15)1-3-11-18-5-13(6-19-11)7-20-12(21-8-13)4-2-10(16)17/h3,12H,1-2,4-8H2,(H,14,15)(H,16,17). The lowest BCUT2D eigenvalue weighted by Crippen LogP contribution is -2.49. The lowest BCUT2D eigenvalue weighted by atomic mass is 9.91. The van der Waals surface area contributed by atoms with E-state index in [-0.39, 0.29) is 18.8 Å². The van der Waals surface area contributed by atoms with Gasteiger partial charge in [0.15, 0.2) is 6.29 Å². The molecule has 8 nitrogen and oxygen atoms in total. The van der Waals surface area contributed by atoms with Crippen molar-refractivity contribution in [3.63, 3.8) is 0 Å². The van der Waals surface area contributed by atoms with Crippen molar-refractivity contribution in [2.24, 2.45) is 5.41 Å². The van der Waals surface area contributed by atoms with Crippen LogP contribution in [0.25, 0.3) is 0 Å². The van der Waals surface area contributed by atoms with E-state index < -0.39 is 23.6 Å². The van der Waals surface area contributed by atoms with Crippen LogP contribution >= 0.6 is 0 Å². The Kier molecular flexibility index (Phi) is 5.03. The van der Waals surface area contributed by atoms with Crippen LogP contribution in [0.1, 0.15) is 19.3 Å². The molecule has 21 heavy (non-hydrogen) atoms. The van der Waals surface area contributed by atoms with Gasteiger partial charge in [-0.3, -0.25) is 9.59 Å². The molecule has 2 aliphatic rings. The average Bonchev–Trinajstić information content (AvgIpc) is 2.46. The molecule has 2 fully saturated rings. The Labute approximate surface area is 121 Å². The monoisotopic (exact) mass is 302 g/mol. The molecule has 0 saturated carbocycles. The van der Waals surface area contributed by atoms with E-state index in [9.17, 15) is 9.59 Å². The summed E-state index contributed by atoms with van der Waals surface area (Å²) in [6, 6.07) is 0. The number of hydrogen-bond acceptors (Lipinski definition) is 6. The first kappa shape index (κ1) is 15.6. The Morgan fingerprint density at radius 3 is 2.24 bits per heavy atom. The molecule has 1 spiro atoms. The second-order valence-corrected chi connectivity index (χ2v) is 5.18. The zero-order valence-electron chi connectivity index (χ0n) is 11.4. The number of rotatable bonds is 5. The topological polar surface area (TPSA) is 112 Å². The summed E-state index contributed by atoms with van der Waals surface area (Å²) < 4.78 is 21.7. The number of hydrogen-bond donors (Lipinski definition) is 2. The minimum absolute atomic E-state index is 0.00720. The average molecular weight is 302 g/mol. The third kappa shape index (κ3) is 4.61. The first-order valence-electron chi connectivity index (χ1n) is 6.62. The van der Waals surface area contributed by atoms with Crippen LogP contribution < -0.4 is 0 Å². The summed E-state index contributed by atoms with van der Waals surface area (Å²) >= 11 is 0. The normalized spacial score (nSPS) is 28.6. The van der Waals surface area contributed by atoms with E-state index in [1.54, 1.807) is 0 Å². The van der Waals surface area contributed by atoms with Crippen LogP contribution in [0.5, 0.6) is 0 Å². The third-order valence-corrected chi connectivity index (χ3v) is 3.23. The zero-order chi connectivity index (χ0) is 15.3. The van der Waals surface area contributed by atoms with Gasteiger partial charge in [0, 0.05) is 12.5 Å². The maximum absolute atomic E-state index is 10.5. The fraction of sp³-hybridized carbons (Fsp3) is 0.692. The van der Waals surface area contributed by atoms with Crippen molar-refractivity contribution >= 4 is 11.9 Å². The molecule has 0 unspecified atom stereocenters. The van der Waals surface area contributed by atoms with Gasteiger partial charge >= 0.3 is 11.9 Å². The van der Waals surface area contributed by atoms with Gasteiger partial charge in [0.2, 0.25) is 0 Å². The van der Waals surface area contributed by atoms with Crippen LogP contribution in [0.3, 0.4) is 0 Å². The molecule has 2 rings (SSSR count). The summed E-state index contributed by atoms with van der Waals surface area (Å²) in [5.41, 5.74) is -0.430. The molecule has 2 saturated heterocycles. The Bertz CT molecular complexity index is 410. The van der Waals surface area contributed by atoms with Gasteiger partial charge in [0.25, 0.3) is 5.95 Å². The lowest BCUT2D eigenvalue weighted by molar-refractivity contribution is -0.265. The summed E-state index contributed by atoms with van der Waals surface area (Å²) in [7, 11) is 0. The predicted octanol–water partition coefficient (Wildman–Crippen LogP) is 0.573. The highest BCUT2D eigenvalue weighted by Crippen LogP contribution is 2.32. The molecule has 0 aromatic carbocycles. The SMILES string of the molecule is O=C(O)CC=C1OCC2(CO1)COC(CCC(=O)O)OC2. The van der Waals surface area contributed by atoms with Gasteiger partial charge in [-0.25, -0.2) is 0 Å². The van der Waals surface area contributed by atoms with Gasteiger partial charge in [-0.05, 0) is 0 Å². The van der Waals surface area contributed by atoms with Crippen molar-refractivity contribution in [2.45, 2.75) is 25.6 Å². The first-order chi connectivity index (χ1) is 9.99. The van der Waals surface area contributed by atoms with Crippen molar-refractivity contribution < 1.29 is 38.7 Å². The lowest BCUT2D eigenvalue weighted by Gasteiger charge is -2.42. The maximum atomic E-state index is 10.5. The number of ether oxygens (including phenoxy) is 4. The van der Waals surface area contributed by atoms with Gasteiger partial charge in [-0.2, -0.15) is 0 Å². The van der Waals surface area contributed by atoms with E-state index >= 15 is 0 Å². The van der Waals surface area contributed by atoms with Crippen molar-refractivity contribution in [1.82, 2.24) is 0 Å². The summed E-state index contributed by atoms with van der Waals surface area (Å²) in [6.07, 6.45) is 0.988. The highest BCUT2D eigenvalue weighted by atomic mass is 16.7.